The Balaban J connectivity index is 2.38. The monoisotopic (exact) mass is 345 g/mol. The average molecular weight is 345 g/mol. The standard InChI is InChI=1S/C16H12FN3O3S/c1-3-10-4-6-13(12(17)8-10)20-9-14(24(18,21)22)11-5-7-15(23-2)19-16(11)20/h1,4-9H,2H3,(H2,18,21,22). The van der Waals surface area contributed by atoms with E-state index in [1.54, 1.807) is 6.07 Å². The number of benzene rings is 1. The molecular formula is C16H12FN3O3S. The molecule has 0 aliphatic rings. The van der Waals surface area contributed by atoms with Gasteiger partial charge in [0.05, 0.1) is 12.8 Å². The lowest BCUT2D eigenvalue weighted by Gasteiger charge is -2.07. The quantitative estimate of drug-likeness (QED) is 0.733. The Kier molecular flexibility index (Phi) is 3.75. The van der Waals surface area contributed by atoms with E-state index in [1.165, 1.54) is 42.1 Å². The zero-order valence-electron chi connectivity index (χ0n) is 12.5. The van der Waals surface area contributed by atoms with Gasteiger partial charge >= 0.3 is 0 Å². The van der Waals surface area contributed by atoms with Gasteiger partial charge in [-0.05, 0) is 24.3 Å². The summed E-state index contributed by atoms with van der Waals surface area (Å²) >= 11 is 0. The fourth-order valence-corrected chi connectivity index (χ4v) is 3.09. The summed E-state index contributed by atoms with van der Waals surface area (Å²) < 4.78 is 44.4. The predicted molar refractivity (Wildman–Crippen MR) is 86.9 cm³/mol. The summed E-state index contributed by atoms with van der Waals surface area (Å²) in [5.41, 5.74) is 0.658. The molecule has 0 atom stereocenters. The summed E-state index contributed by atoms with van der Waals surface area (Å²) in [6.07, 6.45) is 6.47. The number of hydrogen-bond donors (Lipinski definition) is 1. The summed E-state index contributed by atoms with van der Waals surface area (Å²) in [4.78, 5) is 4.04. The first-order chi connectivity index (χ1) is 11.3. The highest BCUT2D eigenvalue weighted by Gasteiger charge is 2.21. The van der Waals surface area contributed by atoms with Crippen molar-refractivity contribution >= 4 is 21.1 Å². The van der Waals surface area contributed by atoms with E-state index < -0.39 is 15.8 Å². The molecule has 0 radical (unpaired) electrons. The van der Waals surface area contributed by atoms with Gasteiger partial charge in [-0.1, -0.05) is 5.92 Å². The first kappa shape index (κ1) is 16.0. The molecule has 2 aromatic heterocycles. The molecule has 6 nitrogen and oxygen atoms in total. The Morgan fingerprint density at radius 2 is 2.08 bits per heavy atom. The maximum Gasteiger partial charge on any atom is 0.240 e. The van der Waals surface area contributed by atoms with E-state index in [0.29, 0.717) is 5.56 Å². The van der Waals surface area contributed by atoms with Crippen molar-refractivity contribution in [2.75, 3.05) is 7.11 Å². The third kappa shape index (κ3) is 2.60. The van der Waals surface area contributed by atoms with E-state index in [9.17, 15) is 12.8 Å². The summed E-state index contributed by atoms with van der Waals surface area (Å²) in [5, 5.41) is 5.51. The molecule has 3 rings (SSSR count). The van der Waals surface area contributed by atoms with Gasteiger partial charge in [-0.15, -0.1) is 6.42 Å². The van der Waals surface area contributed by atoms with Crippen molar-refractivity contribution in [3.05, 3.63) is 47.9 Å². The van der Waals surface area contributed by atoms with Crippen molar-refractivity contribution in [2.24, 2.45) is 5.14 Å². The fraction of sp³-hybridized carbons (Fsp3) is 0.0625. The molecule has 0 bridgehead atoms. The zero-order valence-corrected chi connectivity index (χ0v) is 13.3. The molecule has 2 heterocycles. The Labute approximate surface area is 137 Å². The Morgan fingerprint density at radius 1 is 1.33 bits per heavy atom. The molecular weight excluding hydrogens is 333 g/mol. The molecule has 8 heteroatoms. The first-order valence-electron chi connectivity index (χ1n) is 6.70. The molecule has 24 heavy (non-hydrogen) atoms. The molecule has 0 aliphatic heterocycles. The number of hydrogen-bond acceptors (Lipinski definition) is 4. The highest BCUT2D eigenvalue weighted by atomic mass is 32.2. The molecule has 0 amide bonds. The van der Waals surface area contributed by atoms with Gasteiger partial charge in [-0.2, -0.15) is 4.98 Å². The number of fused-ring (bicyclic) bond motifs is 1. The second-order valence-electron chi connectivity index (χ2n) is 4.94. The predicted octanol–water partition coefficient (Wildman–Crippen LogP) is 1.80. The molecule has 0 saturated heterocycles. The maximum atomic E-state index is 14.4. The maximum absolute atomic E-state index is 14.4. The van der Waals surface area contributed by atoms with Crippen LogP contribution in [0, 0.1) is 18.2 Å². The van der Waals surface area contributed by atoms with Crippen molar-refractivity contribution in [3.8, 4) is 23.9 Å². The number of methoxy groups -OCH3 is 1. The van der Waals surface area contributed by atoms with Crippen LogP contribution in [0.2, 0.25) is 0 Å². The summed E-state index contributed by atoms with van der Waals surface area (Å²) in [7, 11) is -2.60. The minimum atomic E-state index is -4.02. The second-order valence-corrected chi connectivity index (χ2v) is 6.47. The van der Waals surface area contributed by atoms with Crippen LogP contribution in [0.25, 0.3) is 16.7 Å². The van der Waals surface area contributed by atoms with E-state index >= 15 is 0 Å². The lowest BCUT2D eigenvalue weighted by molar-refractivity contribution is 0.399. The number of sulfonamides is 1. The van der Waals surface area contributed by atoms with Gasteiger partial charge in [-0.25, -0.2) is 17.9 Å². The van der Waals surface area contributed by atoms with Gasteiger partial charge in [0.1, 0.15) is 16.4 Å². The lowest BCUT2D eigenvalue weighted by atomic mass is 10.2. The van der Waals surface area contributed by atoms with E-state index in [-0.39, 0.29) is 27.5 Å². The Morgan fingerprint density at radius 3 is 2.67 bits per heavy atom. The van der Waals surface area contributed by atoms with Crippen molar-refractivity contribution in [1.29, 1.82) is 0 Å². The van der Waals surface area contributed by atoms with Crippen LogP contribution < -0.4 is 9.88 Å². The Bertz CT molecular complexity index is 1100. The van der Waals surface area contributed by atoms with Gasteiger partial charge < -0.3 is 4.74 Å². The third-order valence-corrected chi connectivity index (χ3v) is 4.42. The zero-order chi connectivity index (χ0) is 17.5. The number of rotatable bonds is 3. The molecule has 0 unspecified atom stereocenters. The number of terminal acetylenes is 1. The largest absolute Gasteiger partial charge is 0.481 e. The molecule has 0 saturated carbocycles. The van der Waals surface area contributed by atoms with E-state index in [0.717, 1.165) is 0 Å². The van der Waals surface area contributed by atoms with E-state index in [1.807, 2.05) is 0 Å². The normalized spacial score (nSPS) is 11.4. The van der Waals surface area contributed by atoms with Gasteiger partial charge in [-0.3, -0.25) is 4.57 Å². The van der Waals surface area contributed by atoms with Crippen LogP contribution >= 0.6 is 0 Å². The van der Waals surface area contributed by atoms with Crippen LogP contribution in [0.3, 0.4) is 0 Å². The van der Waals surface area contributed by atoms with Crippen LogP contribution in [-0.2, 0) is 10.0 Å². The SMILES string of the molecule is C#Cc1ccc(-n2cc(S(N)(=O)=O)c3ccc(OC)nc32)c(F)c1. The minimum absolute atomic E-state index is 0.0923. The number of aromatic nitrogens is 2. The molecule has 122 valence electrons. The molecule has 0 fully saturated rings. The molecule has 2 N–H and O–H groups in total. The summed E-state index contributed by atoms with van der Waals surface area (Å²) in [6.45, 7) is 0. The third-order valence-electron chi connectivity index (χ3n) is 3.48. The second kappa shape index (κ2) is 5.63. The highest BCUT2D eigenvalue weighted by Crippen LogP contribution is 2.29. The molecule has 0 aliphatic carbocycles. The number of nitrogens with zero attached hydrogens (tertiary/aromatic N) is 2. The number of pyridine rings is 1. The molecule has 1 aromatic carbocycles. The van der Waals surface area contributed by atoms with Crippen molar-refractivity contribution < 1.29 is 17.5 Å². The number of halogens is 1. The van der Waals surface area contributed by atoms with Gasteiger partial charge in [0, 0.05) is 23.2 Å². The van der Waals surface area contributed by atoms with Crippen LogP contribution in [0.1, 0.15) is 5.56 Å². The Hall–Kier alpha value is -2.89. The van der Waals surface area contributed by atoms with Crippen LogP contribution in [0.4, 0.5) is 4.39 Å². The van der Waals surface area contributed by atoms with E-state index in [4.69, 9.17) is 16.3 Å². The number of nitrogens with two attached hydrogens (primary N) is 1. The number of primary sulfonamides is 1. The van der Waals surface area contributed by atoms with Crippen molar-refractivity contribution in [2.45, 2.75) is 4.90 Å². The van der Waals surface area contributed by atoms with Crippen molar-refractivity contribution in [1.82, 2.24) is 9.55 Å². The minimum Gasteiger partial charge on any atom is -0.481 e. The molecule has 3 aromatic rings. The average Bonchev–Trinajstić information content (AvgIpc) is 2.93. The lowest BCUT2D eigenvalue weighted by Crippen LogP contribution is -2.11. The highest BCUT2D eigenvalue weighted by molar-refractivity contribution is 7.89. The van der Waals surface area contributed by atoms with Crippen LogP contribution in [0.5, 0.6) is 5.88 Å². The summed E-state index contributed by atoms with van der Waals surface area (Å²) in [6, 6.07) is 7.17. The summed E-state index contributed by atoms with van der Waals surface area (Å²) in [5.74, 6) is 1.97. The topological polar surface area (TPSA) is 87.2 Å². The van der Waals surface area contributed by atoms with Gasteiger partial charge in [0.25, 0.3) is 0 Å². The van der Waals surface area contributed by atoms with Gasteiger partial charge in [0.15, 0.2) is 0 Å². The van der Waals surface area contributed by atoms with Crippen molar-refractivity contribution in [3.63, 3.8) is 0 Å². The smallest absolute Gasteiger partial charge is 0.240 e. The number of ether oxygens (including phenoxy) is 1. The van der Waals surface area contributed by atoms with Crippen LogP contribution in [0.15, 0.2) is 41.4 Å². The van der Waals surface area contributed by atoms with E-state index in [2.05, 4.69) is 10.9 Å². The van der Waals surface area contributed by atoms with Gasteiger partial charge in [0.2, 0.25) is 15.9 Å². The molecule has 0 spiro atoms. The fourth-order valence-electron chi connectivity index (χ4n) is 2.37. The van der Waals surface area contributed by atoms with Crippen LogP contribution in [-0.4, -0.2) is 25.1 Å². The first-order valence-corrected chi connectivity index (χ1v) is 8.25.